The van der Waals surface area contributed by atoms with Crippen molar-refractivity contribution in [3.8, 4) is 0 Å². The zero-order valence-corrected chi connectivity index (χ0v) is 17.5. The van der Waals surface area contributed by atoms with Crippen LogP contribution in [0.5, 0.6) is 0 Å². The summed E-state index contributed by atoms with van der Waals surface area (Å²) in [5.41, 5.74) is 0.196. The molecular formula is C14H30Cl2GeN2. The maximum atomic E-state index is 6.97. The molecule has 0 saturated carbocycles. The number of hydrogen-bond donors (Lipinski definition) is 0. The molecule has 1 fully saturated rings. The summed E-state index contributed by atoms with van der Waals surface area (Å²) < 4.78 is 4.83. The zero-order chi connectivity index (χ0) is 15.4. The van der Waals surface area contributed by atoms with Crippen LogP contribution in [0.2, 0.25) is 0 Å². The molecule has 19 heavy (non-hydrogen) atoms. The van der Waals surface area contributed by atoms with Crippen LogP contribution in [-0.4, -0.2) is 43.2 Å². The van der Waals surface area contributed by atoms with E-state index in [0.29, 0.717) is 6.04 Å². The van der Waals surface area contributed by atoms with Gasteiger partial charge in [-0.1, -0.05) is 0 Å². The Morgan fingerprint density at radius 2 is 1.26 bits per heavy atom. The van der Waals surface area contributed by atoms with Crippen LogP contribution in [0, 0.1) is 5.41 Å². The fraction of sp³-hybridized carbons (Fsp3) is 1.00. The van der Waals surface area contributed by atoms with Gasteiger partial charge in [0, 0.05) is 0 Å². The summed E-state index contributed by atoms with van der Waals surface area (Å²) in [6.07, 6.45) is 0. The van der Waals surface area contributed by atoms with Crippen LogP contribution >= 0.6 is 20.0 Å². The first-order valence-corrected chi connectivity index (χ1v) is 14.4. The van der Waals surface area contributed by atoms with E-state index in [9.17, 15) is 0 Å². The Hall–Kier alpha value is 1.04. The normalized spacial score (nSPS) is 27.0. The molecule has 114 valence electrons. The Morgan fingerprint density at radius 3 is 1.47 bits per heavy atom. The van der Waals surface area contributed by atoms with E-state index in [-0.39, 0.29) is 16.5 Å². The molecule has 1 heterocycles. The molecule has 2 nitrogen and oxygen atoms in total. The van der Waals surface area contributed by atoms with Crippen LogP contribution < -0.4 is 0 Å². The fourth-order valence-electron chi connectivity index (χ4n) is 2.89. The Kier molecular flexibility index (Phi) is 4.81. The van der Waals surface area contributed by atoms with Gasteiger partial charge in [-0.2, -0.15) is 0 Å². The first-order chi connectivity index (χ1) is 8.09. The number of rotatable bonds is 0. The molecule has 0 aromatic carbocycles. The van der Waals surface area contributed by atoms with Gasteiger partial charge in [-0.05, 0) is 0 Å². The Balaban J connectivity index is 3.30. The number of nitrogens with zero attached hydrogens (tertiary/aromatic N) is 2. The van der Waals surface area contributed by atoms with Crippen molar-refractivity contribution in [1.82, 2.24) is 7.71 Å². The zero-order valence-electron chi connectivity index (χ0n) is 13.9. The van der Waals surface area contributed by atoms with Crippen LogP contribution in [0.15, 0.2) is 0 Å². The molecule has 0 unspecified atom stereocenters. The third-order valence-corrected chi connectivity index (χ3v) is 14.3. The van der Waals surface area contributed by atoms with E-state index < -0.39 is 11.9 Å². The molecular weight excluding hydrogens is 340 g/mol. The van der Waals surface area contributed by atoms with E-state index in [1.807, 2.05) is 0 Å². The molecule has 1 saturated heterocycles. The van der Waals surface area contributed by atoms with Crippen molar-refractivity contribution in [2.45, 2.75) is 79.4 Å². The monoisotopic (exact) mass is 370 g/mol. The van der Waals surface area contributed by atoms with Crippen molar-refractivity contribution in [2.24, 2.45) is 5.41 Å². The molecule has 5 heteroatoms. The third kappa shape index (κ3) is 3.63. The van der Waals surface area contributed by atoms with Gasteiger partial charge < -0.3 is 0 Å². The molecule has 0 aromatic rings. The average molecular weight is 370 g/mol. The Bertz CT molecular complexity index is 337. The summed E-state index contributed by atoms with van der Waals surface area (Å²) in [6, 6.07) is 0.404. The molecule has 0 amide bonds. The van der Waals surface area contributed by atoms with Gasteiger partial charge in [0.05, 0.1) is 0 Å². The SMILES string of the molecule is CC(C)(C)[C@H]1C[N](C(C)(C)C)[Ge]([Cl])([Cl])[N]1C(C)(C)C. The summed E-state index contributed by atoms with van der Waals surface area (Å²) in [4.78, 5) is 0. The van der Waals surface area contributed by atoms with Crippen molar-refractivity contribution < 1.29 is 0 Å². The number of halogens is 2. The van der Waals surface area contributed by atoms with Crippen LogP contribution in [0.3, 0.4) is 0 Å². The van der Waals surface area contributed by atoms with Gasteiger partial charge in [-0.3, -0.25) is 0 Å². The van der Waals surface area contributed by atoms with E-state index in [0.717, 1.165) is 6.54 Å². The number of hydrogen-bond acceptors (Lipinski definition) is 2. The van der Waals surface area contributed by atoms with E-state index >= 15 is 0 Å². The summed E-state index contributed by atoms with van der Waals surface area (Å²) in [5, 5.41) is 0. The third-order valence-electron chi connectivity index (χ3n) is 3.81. The van der Waals surface area contributed by atoms with Gasteiger partial charge in [-0.25, -0.2) is 0 Å². The van der Waals surface area contributed by atoms with E-state index in [1.54, 1.807) is 0 Å². The van der Waals surface area contributed by atoms with E-state index in [2.05, 4.69) is 70.0 Å². The van der Waals surface area contributed by atoms with Crippen LogP contribution in [0.4, 0.5) is 0 Å². The summed E-state index contributed by atoms with van der Waals surface area (Å²) in [5.74, 6) is 0. The first kappa shape index (κ1) is 18.1. The van der Waals surface area contributed by atoms with Crippen molar-refractivity contribution in [3.05, 3.63) is 0 Å². The van der Waals surface area contributed by atoms with Crippen molar-refractivity contribution in [2.75, 3.05) is 6.54 Å². The molecule has 0 bridgehead atoms. The van der Waals surface area contributed by atoms with Gasteiger partial charge in [-0.15, -0.1) is 0 Å². The quantitative estimate of drug-likeness (QED) is 0.579. The molecule has 0 aromatic heterocycles. The molecule has 0 aliphatic carbocycles. The second-order valence-corrected chi connectivity index (χ2v) is 19.5. The molecule has 1 aliphatic heterocycles. The van der Waals surface area contributed by atoms with E-state index in [4.69, 9.17) is 20.0 Å². The Labute approximate surface area is 131 Å². The first-order valence-electron chi connectivity index (χ1n) is 7.04. The minimum atomic E-state index is -3.22. The predicted molar refractivity (Wildman–Crippen MR) is 88.8 cm³/mol. The van der Waals surface area contributed by atoms with Crippen LogP contribution in [0.1, 0.15) is 62.3 Å². The molecule has 0 radical (unpaired) electrons. The second-order valence-electron chi connectivity index (χ2n) is 8.71. The predicted octanol–water partition coefficient (Wildman–Crippen LogP) is 4.53. The van der Waals surface area contributed by atoms with Gasteiger partial charge in [0.25, 0.3) is 0 Å². The van der Waals surface area contributed by atoms with Crippen LogP contribution in [-0.2, 0) is 0 Å². The molecule has 0 N–H and O–H groups in total. The maximum absolute atomic E-state index is 6.97. The average Bonchev–Trinajstić information content (AvgIpc) is 2.33. The Morgan fingerprint density at radius 1 is 0.842 bits per heavy atom. The standard InChI is InChI=1S/C14H30Cl2GeN2/c1-12(2,3)11-10-18(13(4,5)6)17(15,16)19(11)14(7,8)9/h11H,10H2,1-9H3/t11-/m1/s1. The molecule has 1 atom stereocenters. The molecule has 1 aliphatic rings. The van der Waals surface area contributed by atoms with Gasteiger partial charge in [0.1, 0.15) is 0 Å². The van der Waals surface area contributed by atoms with Crippen LogP contribution in [0.25, 0.3) is 0 Å². The molecule has 1 rings (SSSR count). The summed E-state index contributed by atoms with van der Waals surface area (Å²) in [6.45, 7) is 21.1. The van der Waals surface area contributed by atoms with Crippen molar-refractivity contribution >= 4 is 31.9 Å². The summed E-state index contributed by atoms with van der Waals surface area (Å²) in [7, 11) is 13.9. The minimum absolute atomic E-state index is 0.00144. The molecule has 0 spiro atoms. The van der Waals surface area contributed by atoms with Crippen molar-refractivity contribution in [1.29, 1.82) is 0 Å². The topological polar surface area (TPSA) is 6.48 Å². The van der Waals surface area contributed by atoms with Crippen molar-refractivity contribution in [3.63, 3.8) is 0 Å². The summed E-state index contributed by atoms with van der Waals surface area (Å²) >= 11 is -3.22. The van der Waals surface area contributed by atoms with Gasteiger partial charge >= 0.3 is 131 Å². The van der Waals surface area contributed by atoms with Gasteiger partial charge in [0.2, 0.25) is 0 Å². The fourth-order valence-corrected chi connectivity index (χ4v) is 16.6. The van der Waals surface area contributed by atoms with E-state index in [1.165, 1.54) is 0 Å². The second kappa shape index (κ2) is 5.05. The van der Waals surface area contributed by atoms with Gasteiger partial charge in [0.15, 0.2) is 0 Å².